The van der Waals surface area contributed by atoms with E-state index in [9.17, 15) is 4.79 Å². The third-order valence-electron chi connectivity index (χ3n) is 6.81. The third kappa shape index (κ3) is 3.86. The van der Waals surface area contributed by atoms with E-state index in [0.717, 1.165) is 49.0 Å². The zero-order chi connectivity index (χ0) is 21.5. The average Bonchev–Trinajstić information content (AvgIpc) is 2.80. The molecule has 0 aliphatic carbocycles. The number of rotatable bonds is 3. The zero-order valence-corrected chi connectivity index (χ0v) is 18.7. The van der Waals surface area contributed by atoms with Crippen molar-refractivity contribution in [2.75, 3.05) is 19.8 Å². The highest BCUT2D eigenvalue weighted by Gasteiger charge is 2.31. The molecule has 5 rings (SSSR count). The third-order valence-corrected chi connectivity index (χ3v) is 7.09. The molecule has 3 aromatic rings. The quantitative estimate of drug-likeness (QED) is 0.545. The number of aryl methyl sites for hydroxylation is 1. The molecule has 1 saturated heterocycles. The van der Waals surface area contributed by atoms with Gasteiger partial charge in [0.1, 0.15) is 18.1 Å². The fourth-order valence-corrected chi connectivity index (χ4v) is 5.08. The van der Waals surface area contributed by atoms with Crippen LogP contribution in [0.4, 0.5) is 0 Å². The molecular formula is C25H27ClN2O3. The fraction of sp³-hybridized carbons (Fsp3) is 0.400. The first kappa shape index (κ1) is 20.6. The van der Waals surface area contributed by atoms with Crippen molar-refractivity contribution in [3.05, 3.63) is 74.1 Å². The van der Waals surface area contributed by atoms with Gasteiger partial charge in [0.2, 0.25) is 0 Å². The molecule has 0 bridgehead atoms. The molecule has 0 N–H and O–H groups in total. The summed E-state index contributed by atoms with van der Waals surface area (Å²) in [5, 5.41) is 1.47. The average molecular weight is 439 g/mol. The number of ether oxygens (including phenoxy) is 1. The molecule has 5 nitrogen and oxygen atoms in total. The molecule has 6 heteroatoms. The summed E-state index contributed by atoms with van der Waals surface area (Å²) in [5.74, 6) is 0.651. The lowest BCUT2D eigenvalue weighted by molar-refractivity contribution is 0.0245. The highest BCUT2D eigenvalue weighted by atomic mass is 35.5. The van der Waals surface area contributed by atoms with Crippen molar-refractivity contribution in [3.63, 3.8) is 0 Å². The summed E-state index contributed by atoms with van der Waals surface area (Å²) in [6.45, 7) is 8.05. The second-order valence-electron chi connectivity index (χ2n) is 8.70. The van der Waals surface area contributed by atoms with Gasteiger partial charge in [0, 0.05) is 30.1 Å². The van der Waals surface area contributed by atoms with Crippen LogP contribution in [0.2, 0.25) is 5.02 Å². The van der Waals surface area contributed by atoms with E-state index in [2.05, 4.69) is 40.1 Å². The Morgan fingerprint density at radius 1 is 1.10 bits per heavy atom. The molecule has 0 unspecified atom stereocenters. The van der Waals surface area contributed by atoms with Gasteiger partial charge in [-0.3, -0.25) is 9.80 Å². The molecule has 3 heterocycles. The van der Waals surface area contributed by atoms with Crippen molar-refractivity contribution in [1.29, 1.82) is 0 Å². The highest BCUT2D eigenvalue weighted by Crippen LogP contribution is 2.40. The second-order valence-corrected chi connectivity index (χ2v) is 9.10. The van der Waals surface area contributed by atoms with Gasteiger partial charge in [0.05, 0.1) is 10.6 Å². The monoisotopic (exact) mass is 438 g/mol. The fourth-order valence-electron chi connectivity index (χ4n) is 4.80. The number of nitrogens with zero attached hydrogens (tertiary/aromatic N) is 2. The lowest BCUT2D eigenvalue weighted by atomic mass is 9.99. The smallest absolute Gasteiger partial charge is 0.339 e. The van der Waals surface area contributed by atoms with E-state index in [1.807, 2.05) is 13.0 Å². The molecule has 2 aromatic carbocycles. The molecule has 0 saturated carbocycles. The molecule has 0 radical (unpaired) electrons. The van der Waals surface area contributed by atoms with Crippen LogP contribution in [0.3, 0.4) is 0 Å². The lowest BCUT2D eigenvalue weighted by Crippen LogP contribution is -2.47. The number of piperidine rings is 1. The minimum absolute atomic E-state index is 0.291. The minimum Gasteiger partial charge on any atom is -0.476 e. The maximum Gasteiger partial charge on any atom is 0.339 e. The number of halogens is 1. The summed E-state index contributed by atoms with van der Waals surface area (Å²) in [6, 6.07) is 12.9. The molecule has 1 fully saturated rings. The van der Waals surface area contributed by atoms with E-state index in [1.54, 1.807) is 6.92 Å². The molecular weight excluding hydrogens is 412 g/mol. The Balaban J connectivity index is 1.35. The van der Waals surface area contributed by atoms with E-state index in [4.69, 9.17) is 20.8 Å². The van der Waals surface area contributed by atoms with E-state index in [1.165, 1.54) is 5.56 Å². The predicted molar refractivity (Wildman–Crippen MR) is 123 cm³/mol. The normalized spacial score (nSPS) is 18.2. The Kier molecular flexibility index (Phi) is 5.51. The summed E-state index contributed by atoms with van der Waals surface area (Å²) >= 11 is 6.54. The number of hydrogen-bond donors (Lipinski definition) is 0. The molecule has 2 aliphatic heterocycles. The molecule has 162 valence electrons. The highest BCUT2D eigenvalue weighted by molar-refractivity contribution is 6.33. The van der Waals surface area contributed by atoms with Gasteiger partial charge in [0.15, 0.2) is 0 Å². The van der Waals surface area contributed by atoms with Crippen LogP contribution in [-0.4, -0.2) is 35.7 Å². The number of fused-ring (bicyclic) bond motifs is 3. The van der Waals surface area contributed by atoms with Crippen molar-refractivity contribution in [3.8, 4) is 5.75 Å². The first-order valence-corrected chi connectivity index (χ1v) is 11.3. The van der Waals surface area contributed by atoms with Crippen molar-refractivity contribution in [2.24, 2.45) is 0 Å². The van der Waals surface area contributed by atoms with Crippen LogP contribution in [0, 0.1) is 13.8 Å². The molecule has 0 spiro atoms. The van der Waals surface area contributed by atoms with Crippen LogP contribution in [-0.2, 0) is 13.1 Å². The standard InChI is InChI=1S/C25H27ClN2O3/c1-16-17(2)25(29)31-23-20(16)12-22(26)24-21(23)14-28(15-30-24)19-8-10-27(11-9-19)13-18-6-4-3-5-7-18/h3-7,12,19H,8-11,13-15H2,1-2H3. The van der Waals surface area contributed by atoms with E-state index < -0.39 is 0 Å². The van der Waals surface area contributed by atoms with E-state index in [0.29, 0.717) is 41.2 Å². The van der Waals surface area contributed by atoms with Crippen molar-refractivity contribution >= 4 is 22.6 Å². The van der Waals surface area contributed by atoms with Gasteiger partial charge in [-0.2, -0.15) is 0 Å². The number of hydrogen-bond acceptors (Lipinski definition) is 5. The topological polar surface area (TPSA) is 45.9 Å². The Morgan fingerprint density at radius 3 is 2.58 bits per heavy atom. The summed E-state index contributed by atoms with van der Waals surface area (Å²) in [7, 11) is 0. The lowest BCUT2D eigenvalue weighted by Gasteiger charge is -2.40. The summed E-state index contributed by atoms with van der Waals surface area (Å²) in [6.07, 6.45) is 2.18. The van der Waals surface area contributed by atoms with Crippen LogP contribution < -0.4 is 10.4 Å². The van der Waals surface area contributed by atoms with Crippen LogP contribution >= 0.6 is 11.6 Å². The molecule has 1 aromatic heterocycles. The number of benzene rings is 2. The van der Waals surface area contributed by atoms with E-state index in [-0.39, 0.29) is 5.63 Å². The van der Waals surface area contributed by atoms with E-state index >= 15 is 0 Å². The Morgan fingerprint density at radius 2 is 1.84 bits per heavy atom. The maximum absolute atomic E-state index is 12.3. The summed E-state index contributed by atoms with van der Waals surface area (Å²) in [5.41, 5.74) is 4.11. The first-order chi connectivity index (χ1) is 15.0. The second kappa shape index (κ2) is 8.30. The van der Waals surface area contributed by atoms with Gasteiger partial charge in [-0.1, -0.05) is 41.9 Å². The Hall–Kier alpha value is -2.34. The summed E-state index contributed by atoms with van der Waals surface area (Å²) in [4.78, 5) is 17.2. The van der Waals surface area contributed by atoms with Gasteiger partial charge in [0.25, 0.3) is 0 Å². The molecule has 0 amide bonds. The predicted octanol–water partition coefficient (Wildman–Crippen LogP) is 4.88. The van der Waals surface area contributed by atoms with Crippen molar-refractivity contribution in [1.82, 2.24) is 9.80 Å². The van der Waals surface area contributed by atoms with Gasteiger partial charge >= 0.3 is 5.63 Å². The van der Waals surface area contributed by atoms with Crippen molar-refractivity contribution in [2.45, 2.75) is 45.8 Å². The van der Waals surface area contributed by atoms with Crippen LogP contribution in [0.25, 0.3) is 11.0 Å². The van der Waals surface area contributed by atoms with Gasteiger partial charge in [-0.25, -0.2) is 4.79 Å². The van der Waals surface area contributed by atoms with Gasteiger partial charge in [-0.05, 0) is 57.0 Å². The van der Waals surface area contributed by atoms with Crippen molar-refractivity contribution < 1.29 is 9.15 Å². The Labute approximate surface area is 187 Å². The number of likely N-dealkylation sites (tertiary alicyclic amines) is 1. The summed E-state index contributed by atoms with van der Waals surface area (Å²) < 4.78 is 11.8. The molecule has 31 heavy (non-hydrogen) atoms. The SMILES string of the molecule is Cc1c(C)c2cc(Cl)c3c(c2oc1=O)CN(C1CCN(Cc2ccccc2)CC1)CO3. The first-order valence-electron chi connectivity index (χ1n) is 10.9. The maximum atomic E-state index is 12.3. The largest absolute Gasteiger partial charge is 0.476 e. The Bertz CT molecular complexity index is 1170. The van der Waals surface area contributed by atoms with Crippen LogP contribution in [0.1, 0.15) is 35.1 Å². The molecule has 0 atom stereocenters. The zero-order valence-electron chi connectivity index (χ0n) is 18.0. The van der Waals surface area contributed by atoms with Crippen LogP contribution in [0.15, 0.2) is 45.6 Å². The van der Waals surface area contributed by atoms with Gasteiger partial charge < -0.3 is 9.15 Å². The molecule has 2 aliphatic rings. The van der Waals surface area contributed by atoms with Crippen LogP contribution in [0.5, 0.6) is 5.75 Å². The minimum atomic E-state index is -0.291. The van der Waals surface area contributed by atoms with Gasteiger partial charge in [-0.15, -0.1) is 0 Å².